The summed E-state index contributed by atoms with van der Waals surface area (Å²) in [6.07, 6.45) is 1.07. The zero-order chi connectivity index (χ0) is 23.2. The fraction of sp³-hybridized carbons (Fsp3) is 0.435. The van der Waals surface area contributed by atoms with Gasteiger partial charge >= 0.3 is 0 Å². The quantitative estimate of drug-likeness (QED) is 0.595. The molecular weight excluding hydrogens is 416 g/mol. The van der Waals surface area contributed by atoms with Gasteiger partial charge in [0.1, 0.15) is 24.1 Å². The molecule has 0 aliphatic carbocycles. The minimum atomic E-state index is -3.69. The van der Waals surface area contributed by atoms with Crippen molar-refractivity contribution in [2.24, 2.45) is 0 Å². The summed E-state index contributed by atoms with van der Waals surface area (Å²) >= 11 is 0. The number of amides is 1. The molecule has 2 aromatic carbocycles. The van der Waals surface area contributed by atoms with Crippen LogP contribution in [0.1, 0.15) is 33.3 Å². The number of hydrogen-bond acceptors (Lipinski definition) is 5. The van der Waals surface area contributed by atoms with E-state index in [1.54, 1.807) is 31.2 Å². The van der Waals surface area contributed by atoms with Crippen molar-refractivity contribution in [3.05, 3.63) is 54.1 Å². The lowest BCUT2D eigenvalue weighted by molar-refractivity contribution is -0.121. The van der Waals surface area contributed by atoms with Crippen LogP contribution < -0.4 is 19.1 Å². The molecule has 170 valence electrons. The molecule has 0 unspecified atom stereocenters. The first-order valence-electron chi connectivity index (χ1n) is 10.1. The van der Waals surface area contributed by atoms with Crippen molar-refractivity contribution in [3.8, 4) is 11.5 Å². The summed E-state index contributed by atoms with van der Waals surface area (Å²) in [5.74, 6) is 0.800. The van der Waals surface area contributed by atoms with E-state index in [0.29, 0.717) is 17.2 Å². The molecule has 0 saturated heterocycles. The summed E-state index contributed by atoms with van der Waals surface area (Å²) in [5.41, 5.74) is 1.64. The number of ether oxygens (including phenoxy) is 2. The van der Waals surface area contributed by atoms with E-state index in [1.807, 2.05) is 24.3 Å². The topological polar surface area (TPSA) is 84.9 Å². The molecule has 7 nitrogen and oxygen atoms in total. The minimum Gasteiger partial charge on any atom is -0.497 e. The number of hydrogen-bond donors (Lipinski definition) is 1. The van der Waals surface area contributed by atoms with Crippen molar-refractivity contribution in [1.29, 1.82) is 0 Å². The molecule has 31 heavy (non-hydrogen) atoms. The second-order valence-electron chi connectivity index (χ2n) is 8.35. The van der Waals surface area contributed by atoms with E-state index in [9.17, 15) is 13.2 Å². The molecule has 0 radical (unpaired) electrons. The maximum absolute atomic E-state index is 12.6. The van der Waals surface area contributed by atoms with Gasteiger partial charge in [-0.2, -0.15) is 0 Å². The highest BCUT2D eigenvalue weighted by Crippen LogP contribution is 2.26. The van der Waals surface area contributed by atoms with Crippen LogP contribution in [0.5, 0.6) is 11.5 Å². The van der Waals surface area contributed by atoms with Crippen LogP contribution in [-0.4, -0.2) is 46.9 Å². The molecule has 0 spiro atoms. The second kappa shape index (κ2) is 10.0. The summed E-state index contributed by atoms with van der Waals surface area (Å²) in [4.78, 5) is 12.6. The van der Waals surface area contributed by atoms with Gasteiger partial charge < -0.3 is 14.8 Å². The van der Waals surface area contributed by atoms with Gasteiger partial charge in [0.05, 0.1) is 25.6 Å². The van der Waals surface area contributed by atoms with Crippen molar-refractivity contribution in [3.63, 3.8) is 0 Å². The molecule has 0 bridgehead atoms. The molecule has 2 rings (SSSR count). The van der Waals surface area contributed by atoms with E-state index in [4.69, 9.17) is 9.47 Å². The Hall–Kier alpha value is -2.74. The molecular formula is C23H32N2O5S. The van der Waals surface area contributed by atoms with E-state index < -0.39 is 22.0 Å². The molecule has 1 amide bonds. The van der Waals surface area contributed by atoms with Crippen molar-refractivity contribution >= 4 is 21.6 Å². The number of methoxy groups -OCH3 is 1. The Balaban J connectivity index is 1.96. The molecule has 0 aliphatic heterocycles. The number of rotatable bonds is 9. The van der Waals surface area contributed by atoms with Crippen LogP contribution in [0.4, 0.5) is 5.69 Å². The number of carbonyl (C=O) groups excluding carboxylic acids is 1. The Bertz CT molecular complexity index is 982. The number of nitrogens with one attached hydrogen (secondary N) is 1. The molecule has 0 heterocycles. The highest BCUT2D eigenvalue weighted by molar-refractivity contribution is 7.92. The van der Waals surface area contributed by atoms with Crippen molar-refractivity contribution in [2.75, 3.05) is 30.8 Å². The maximum Gasteiger partial charge on any atom is 0.243 e. The first-order chi connectivity index (χ1) is 14.4. The van der Waals surface area contributed by atoms with Crippen molar-refractivity contribution in [2.45, 2.75) is 39.2 Å². The maximum atomic E-state index is 12.6. The average Bonchev–Trinajstić information content (AvgIpc) is 2.70. The van der Waals surface area contributed by atoms with Crippen molar-refractivity contribution in [1.82, 2.24) is 5.32 Å². The van der Waals surface area contributed by atoms with Crippen LogP contribution in [0, 0.1) is 0 Å². The van der Waals surface area contributed by atoms with Crippen LogP contribution in [0.15, 0.2) is 48.5 Å². The second-order valence-corrected chi connectivity index (χ2v) is 10.2. The molecule has 0 aliphatic rings. The number of nitrogens with zero attached hydrogens (tertiary/aromatic N) is 1. The molecule has 8 heteroatoms. The molecule has 0 saturated carbocycles. The van der Waals surface area contributed by atoms with Gasteiger partial charge in [0.15, 0.2) is 0 Å². The summed E-state index contributed by atoms with van der Waals surface area (Å²) < 4.78 is 36.7. The Morgan fingerprint density at radius 3 is 2.29 bits per heavy atom. The standard InChI is InChI=1S/C23H32N2O5S/c1-17(25(31(6,27)28)19-8-7-9-21(16-19)29-5)22(26)24-14-15-30-20-12-10-18(11-13-20)23(2,3)4/h7-13,16-17H,14-15H2,1-6H3,(H,24,26)/t17-/m0/s1. The van der Waals surface area contributed by atoms with Crippen LogP contribution in [0.2, 0.25) is 0 Å². The van der Waals surface area contributed by atoms with E-state index in [1.165, 1.54) is 12.7 Å². The highest BCUT2D eigenvalue weighted by Gasteiger charge is 2.29. The van der Waals surface area contributed by atoms with Gasteiger partial charge in [-0.1, -0.05) is 39.0 Å². The predicted octanol–water partition coefficient (Wildman–Crippen LogP) is 3.34. The number of carbonyl (C=O) groups is 1. The summed E-state index contributed by atoms with van der Waals surface area (Å²) in [6, 6.07) is 13.5. The Labute approximate surface area is 185 Å². The smallest absolute Gasteiger partial charge is 0.243 e. The van der Waals surface area contributed by atoms with Gasteiger partial charge in [0, 0.05) is 6.07 Å². The van der Waals surface area contributed by atoms with Crippen LogP contribution in [0.3, 0.4) is 0 Å². The number of sulfonamides is 1. The van der Waals surface area contributed by atoms with Crippen LogP contribution in [0.25, 0.3) is 0 Å². The van der Waals surface area contributed by atoms with E-state index in [0.717, 1.165) is 10.6 Å². The third-order valence-electron chi connectivity index (χ3n) is 4.79. The fourth-order valence-electron chi connectivity index (χ4n) is 3.10. The summed E-state index contributed by atoms with van der Waals surface area (Å²) in [7, 11) is -2.19. The number of benzene rings is 2. The zero-order valence-corrected chi connectivity index (χ0v) is 19.8. The van der Waals surface area contributed by atoms with Crippen LogP contribution >= 0.6 is 0 Å². The Kier molecular flexibility index (Phi) is 7.95. The third kappa shape index (κ3) is 6.89. The molecule has 1 atom stereocenters. The summed E-state index contributed by atoms with van der Waals surface area (Å²) in [6.45, 7) is 8.49. The fourth-order valence-corrected chi connectivity index (χ4v) is 4.27. The normalized spacial score (nSPS) is 12.7. The van der Waals surface area contributed by atoms with Gasteiger partial charge in [-0.25, -0.2) is 8.42 Å². The summed E-state index contributed by atoms with van der Waals surface area (Å²) in [5, 5.41) is 2.74. The Morgan fingerprint density at radius 1 is 1.10 bits per heavy atom. The van der Waals surface area contributed by atoms with Gasteiger partial charge in [-0.15, -0.1) is 0 Å². The Morgan fingerprint density at radius 2 is 1.74 bits per heavy atom. The van der Waals surface area contributed by atoms with Crippen LogP contribution in [-0.2, 0) is 20.2 Å². The monoisotopic (exact) mass is 448 g/mol. The lowest BCUT2D eigenvalue weighted by atomic mass is 9.87. The average molecular weight is 449 g/mol. The molecule has 1 N–H and O–H groups in total. The first-order valence-corrected chi connectivity index (χ1v) is 11.9. The van der Waals surface area contributed by atoms with Gasteiger partial charge in [0.25, 0.3) is 0 Å². The predicted molar refractivity (Wildman–Crippen MR) is 123 cm³/mol. The SMILES string of the molecule is COc1cccc(N([C@@H](C)C(=O)NCCOc2ccc(C(C)(C)C)cc2)S(C)(=O)=O)c1. The highest BCUT2D eigenvalue weighted by atomic mass is 32.2. The van der Waals surface area contributed by atoms with E-state index >= 15 is 0 Å². The van der Waals surface area contributed by atoms with Gasteiger partial charge in [0.2, 0.25) is 15.9 Å². The van der Waals surface area contributed by atoms with Gasteiger partial charge in [-0.3, -0.25) is 9.10 Å². The van der Waals surface area contributed by atoms with E-state index in [-0.39, 0.29) is 18.6 Å². The minimum absolute atomic E-state index is 0.0664. The lowest BCUT2D eigenvalue weighted by Crippen LogP contribution is -2.48. The first kappa shape index (κ1) is 24.5. The van der Waals surface area contributed by atoms with Crippen molar-refractivity contribution < 1.29 is 22.7 Å². The molecule has 0 fully saturated rings. The lowest BCUT2D eigenvalue weighted by Gasteiger charge is -2.28. The largest absolute Gasteiger partial charge is 0.497 e. The number of anilines is 1. The third-order valence-corrected chi connectivity index (χ3v) is 6.03. The molecule has 0 aromatic heterocycles. The van der Waals surface area contributed by atoms with E-state index in [2.05, 4.69) is 26.1 Å². The zero-order valence-electron chi connectivity index (χ0n) is 19.0. The molecule has 2 aromatic rings. The van der Waals surface area contributed by atoms with Gasteiger partial charge in [-0.05, 0) is 42.2 Å².